The Kier molecular flexibility index (Phi) is 7.67. The molecule has 0 aromatic heterocycles. The number of hydrogen-bond donors (Lipinski definition) is 0. The fourth-order valence-electron chi connectivity index (χ4n) is 4.23. The molecule has 2 atom stereocenters. The molecule has 0 radical (unpaired) electrons. The highest BCUT2D eigenvalue weighted by Crippen LogP contribution is 2.24. The molecule has 0 spiro atoms. The lowest BCUT2D eigenvalue weighted by atomic mass is 9.91. The highest BCUT2D eigenvalue weighted by Gasteiger charge is 2.33. The fraction of sp³-hybridized carbons (Fsp3) is 0.800. The van der Waals surface area contributed by atoms with Crippen molar-refractivity contribution in [2.45, 2.75) is 31.8 Å². The lowest BCUT2D eigenvalue weighted by Gasteiger charge is -2.37. The summed E-state index contributed by atoms with van der Waals surface area (Å²) in [5.74, 6) is 0.321. The minimum Gasteiger partial charge on any atom is -0.381 e. The first-order valence-corrected chi connectivity index (χ1v) is 10.2. The number of amides is 2. The molecule has 27 heavy (non-hydrogen) atoms. The van der Waals surface area contributed by atoms with Gasteiger partial charge in [-0.3, -0.25) is 14.5 Å². The SMILES string of the molecule is CO[C@@H]1CCN(C(=O)/C=C/CN2CCOCC2)C[C@H]1CC(=O)N1CCCC1. The standard InChI is InChI=1S/C20H33N3O4/c1-26-18-6-10-23(16-17(18)15-20(25)22-8-2-3-9-22)19(24)5-4-7-21-11-13-27-14-12-21/h4-5,17-18H,2-3,6-16H2,1H3/b5-4+/t17-,18-/m1/s1. The van der Waals surface area contributed by atoms with Gasteiger partial charge in [0, 0.05) is 71.3 Å². The van der Waals surface area contributed by atoms with E-state index < -0.39 is 0 Å². The second-order valence-corrected chi connectivity index (χ2v) is 7.71. The van der Waals surface area contributed by atoms with Gasteiger partial charge in [-0.2, -0.15) is 0 Å². The van der Waals surface area contributed by atoms with Crippen molar-refractivity contribution in [1.82, 2.24) is 14.7 Å². The number of hydrogen-bond acceptors (Lipinski definition) is 5. The van der Waals surface area contributed by atoms with Gasteiger partial charge in [0.2, 0.25) is 11.8 Å². The summed E-state index contributed by atoms with van der Waals surface area (Å²) >= 11 is 0. The van der Waals surface area contributed by atoms with Gasteiger partial charge in [0.25, 0.3) is 0 Å². The van der Waals surface area contributed by atoms with E-state index in [1.54, 1.807) is 13.2 Å². The Morgan fingerprint density at radius 3 is 2.52 bits per heavy atom. The van der Waals surface area contributed by atoms with E-state index in [9.17, 15) is 9.59 Å². The van der Waals surface area contributed by atoms with Gasteiger partial charge in [0.1, 0.15) is 0 Å². The number of rotatable bonds is 6. The molecule has 152 valence electrons. The Morgan fingerprint density at radius 2 is 1.81 bits per heavy atom. The molecule has 3 saturated heterocycles. The molecule has 7 nitrogen and oxygen atoms in total. The van der Waals surface area contributed by atoms with Gasteiger partial charge >= 0.3 is 0 Å². The summed E-state index contributed by atoms with van der Waals surface area (Å²) < 4.78 is 11.0. The smallest absolute Gasteiger partial charge is 0.246 e. The van der Waals surface area contributed by atoms with Crippen LogP contribution in [-0.4, -0.2) is 98.8 Å². The maximum atomic E-state index is 12.6. The van der Waals surface area contributed by atoms with Crippen LogP contribution in [0.15, 0.2) is 12.2 Å². The molecule has 3 fully saturated rings. The topological polar surface area (TPSA) is 62.3 Å². The van der Waals surface area contributed by atoms with E-state index in [2.05, 4.69) is 4.90 Å². The van der Waals surface area contributed by atoms with Crippen LogP contribution in [0.3, 0.4) is 0 Å². The van der Waals surface area contributed by atoms with E-state index in [-0.39, 0.29) is 23.8 Å². The number of carbonyl (C=O) groups excluding carboxylic acids is 2. The van der Waals surface area contributed by atoms with Crippen molar-refractivity contribution in [2.24, 2.45) is 5.92 Å². The summed E-state index contributed by atoms with van der Waals surface area (Å²) in [5.41, 5.74) is 0. The number of methoxy groups -OCH3 is 1. The molecule has 3 heterocycles. The molecule has 3 rings (SSSR count). The molecule has 3 aliphatic rings. The van der Waals surface area contributed by atoms with Crippen LogP contribution in [0.25, 0.3) is 0 Å². The van der Waals surface area contributed by atoms with Gasteiger partial charge in [0.15, 0.2) is 0 Å². The van der Waals surface area contributed by atoms with E-state index in [0.29, 0.717) is 19.5 Å². The van der Waals surface area contributed by atoms with Crippen LogP contribution in [0.2, 0.25) is 0 Å². The summed E-state index contributed by atoms with van der Waals surface area (Å²) in [6, 6.07) is 0. The normalized spacial score (nSPS) is 27.4. The van der Waals surface area contributed by atoms with Gasteiger partial charge in [0.05, 0.1) is 19.3 Å². The summed E-state index contributed by atoms with van der Waals surface area (Å²) in [7, 11) is 1.71. The molecule has 2 amide bonds. The van der Waals surface area contributed by atoms with Crippen molar-refractivity contribution in [3.63, 3.8) is 0 Å². The Balaban J connectivity index is 1.49. The van der Waals surface area contributed by atoms with Gasteiger partial charge in [-0.1, -0.05) is 6.08 Å². The zero-order valence-corrected chi connectivity index (χ0v) is 16.5. The molecular weight excluding hydrogens is 346 g/mol. The minimum atomic E-state index is 0.0384. The number of likely N-dealkylation sites (tertiary alicyclic amines) is 2. The lowest BCUT2D eigenvalue weighted by molar-refractivity contribution is -0.137. The third-order valence-corrected chi connectivity index (χ3v) is 5.90. The number of nitrogens with zero attached hydrogens (tertiary/aromatic N) is 3. The van der Waals surface area contributed by atoms with Crippen LogP contribution < -0.4 is 0 Å². The lowest BCUT2D eigenvalue weighted by Crippen LogP contribution is -2.47. The van der Waals surface area contributed by atoms with Crippen LogP contribution in [-0.2, 0) is 19.1 Å². The van der Waals surface area contributed by atoms with Gasteiger partial charge < -0.3 is 19.3 Å². The van der Waals surface area contributed by atoms with Gasteiger partial charge in [-0.05, 0) is 19.3 Å². The molecule has 3 aliphatic heterocycles. The van der Waals surface area contributed by atoms with Crippen LogP contribution >= 0.6 is 0 Å². The maximum Gasteiger partial charge on any atom is 0.246 e. The molecule has 0 N–H and O–H groups in total. The molecule has 0 aromatic rings. The van der Waals surface area contributed by atoms with Crippen molar-refractivity contribution in [2.75, 3.05) is 66.1 Å². The van der Waals surface area contributed by atoms with Gasteiger partial charge in [-0.15, -0.1) is 0 Å². The largest absolute Gasteiger partial charge is 0.381 e. The van der Waals surface area contributed by atoms with Gasteiger partial charge in [-0.25, -0.2) is 0 Å². The zero-order valence-electron chi connectivity index (χ0n) is 16.5. The first kappa shape index (κ1) is 20.3. The molecule has 0 aliphatic carbocycles. The van der Waals surface area contributed by atoms with Crippen molar-refractivity contribution in [3.05, 3.63) is 12.2 Å². The van der Waals surface area contributed by atoms with E-state index in [1.165, 1.54) is 0 Å². The average molecular weight is 380 g/mol. The van der Waals surface area contributed by atoms with Crippen LogP contribution in [0.4, 0.5) is 0 Å². The van der Waals surface area contributed by atoms with E-state index in [1.807, 2.05) is 15.9 Å². The van der Waals surface area contributed by atoms with Crippen LogP contribution in [0.1, 0.15) is 25.7 Å². The molecule has 0 aromatic carbocycles. The minimum absolute atomic E-state index is 0.0384. The number of piperidine rings is 1. The van der Waals surface area contributed by atoms with Crippen molar-refractivity contribution in [1.29, 1.82) is 0 Å². The fourth-order valence-corrected chi connectivity index (χ4v) is 4.23. The number of carbonyl (C=O) groups is 2. The molecule has 0 unspecified atom stereocenters. The summed E-state index contributed by atoms with van der Waals surface area (Å²) in [5, 5.41) is 0. The van der Waals surface area contributed by atoms with E-state index in [0.717, 1.165) is 65.2 Å². The summed E-state index contributed by atoms with van der Waals surface area (Å²) in [6.45, 7) is 7.16. The second kappa shape index (κ2) is 10.2. The Bertz CT molecular complexity index is 527. The Hall–Kier alpha value is -1.44. The highest BCUT2D eigenvalue weighted by atomic mass is 16.5. The third-order valence-electron chi connectivity index (χ3n) is 5.90. The van der Waals surface area contributed by atoms with Crippen LogP contribution in [0, 0.1) is 5.92 Å². The predicted molar refractivity (Wildman–Crippen MR) is 102 cm³/mol. The van der Waals surface area contributed by atoms with Crippen LogP contribution in [0.5, 0.6) is 0 Å². The van der Waals surface area contributed by atoms with Crippen molar-refractivity contribution < 1.29 is 19.1 Å². The molecule has 7 heteroatoms. The third kappa shape index (κ3) is 5.77. The molecule has 0 saturated carbocycles. The molecule has 0 bridgehead atoms. The molecular formula is C20H33N3O4. The summed E-state index contributed by atoms with van der Waals surface area (Å²) in [4.78, 5) is 31.2. The average Bonchev–Trinajstić information content (AvgIpc) is 3.23. The van der Waals surface area contributed by atoms with E-state index in [4.69, 9.17) is 9.47 Å². The monoisotopic (exact) mass is 379 g/mol. The van der Waals surface area contributed by atoms with Crippen molar-refractivity contribution in [3.8, 4) is 0 Å². The number of morpholine rings is 1. The van der Waals surface area contributed by atoms with E-state index >= 15 is 0 Å². The second-order valence-electron chi connectivity index (χ2n) is 7.71. The first-order chi connectivity index (χ1) is 13.2. The number of ether oxygens (including phenoxy) is 2. The predicted octanol–water partition coefficient (Wildman–Crippen LogP) is 0.751. The maximum absolute atomic E-state index is 12.6. The Morgan fingerprint density at radius 1 is 1.07 bits per heavy atom. The Labute approximate surface area is 162 Å². The highest BCUT2D eigenvalue weighted by molar-refractivity contribution is 5.87. The first-order valence-electron chi connectivity index (χ1n) is 10.2. The quantitative estimate of drug-likeness (QED) is 0.638. The summed E-state index contributed by atoms with van der Waals surface area (Å²) in [6.07, 6.45) is 7.14. The zero-order chi connectivity index (χ0) is 19.1. The van der Waals surface area contributed by atoms with Crippen molar-refractivity contribution >= 4 is 11.8 Å².